The summed E-state index contributed by atoms with van der Waals surface area (Å²) in [5, 5.41) is 0. The fraction of sp³-hybridized carbons (Fsp3) is 1.00. The van der Waals surface area contributed by atoms with Gasteiger partial charge < -0.3 is 0 Å². The molecular formula is C36H102P12. The summed E-state index contributed by atoms with van der Waals surface area (Å²) in [6.45, 7) is 19.8. The quantitative estimate of drug-likeness (QED) is 0.120. The zero-order valence-electron chi connectivity index (χ0n) is 34.6. The van der Waals surface area contributed by atoms with Gasteiger partial charge in [0.2, 0.25) is 0 Å². The van der Waals surface area contributed by atoms with Gasteiger partial charge in [0.1, 0.15) is 0 Å². The second-order valence-electron chi connectivity index (χ2n) is 11.1. The van der Waals surface area contributed by atoms with E-state index in [1.807, 2.05) is 0 Å². The van der Waals surface area contributed by atoms with Crippen molar-refractivity contribution in [1.29, 1.82) is 0 Å². The van der Waals surface area contributed by atoms with Crippen LogP contribution in [0.15, 0.2) is 0 Å². The van der Waals surface area contributed by atoms with Crippen LogP contribution in [0.5, 0.6) is 0 Å². The van der Waals surface area contributed by atoms with Gasteiger partial charge in [-0.2, -0.15) is 0 Å². The van der Waals surface area contributed by atoms with Gasteiger partial charge in [-0.05, 0) is 111 Å². The molecule has 0 nitrogen and oxygen atoms in total. The number of rotatable bonds is 18. The summed E-state index contributed by atoms with van der Waals surface area (Å²) in [7, 11) is 32.8. The molecule has 0 aliphatic rings. The molecule has 0 radical (unpaired) electrons. The topological polar surface area (TPSA) is 0 Å². The van der Waals surface area contributed by atoms with Crippen LogP contribution in [0.4, 0.5) is 0 Å². The molecule has 0 spiro atoms. The molecule has 0 aromatic rings. The minimum absolute atomic E-state index is 0.838. The molecule has 306 valence electrons. The predicted molar refractivity (Wildman–Crippen MR) is 292 cm³/mol. The van der Waals surface area contributed by atoms with Crippen LogP contribution in [0.1, 0.15) is 159 Å². The minimum atomic E-state index is 0.838. The third-order valence-corrected chi connectivity index (χ3v) is 12.3. The maximum atomic E-state index is 2.90. The van der Waals surface area contributed by atoms with Gasteiger partial charge in [-0.1, -0.05) is 120 Å². The first kappa shape index (κ1) is 74.2. The van der Waals surface area contributed by atoms with Gasteiger partial charge in [0.15, 0.2) is 0 Å². The predicted octanol–water partition coefficient (Wildman–Crippen LogP) is 14.5. The zero-order chi connectivity index (χ0) is 39.7. The molecule has 13 atom stereocenters. The van der Waals surface area contributed by atoms with Crippen LogP contribution in [0.3, 0.4) is 0 Å². The zero-order valence-corrected chi connectivity index (χ0v) is 48.5. The number of hydrogen-bond donors (Lipinski definition) is 0. The van der Waals surface area contributed by atoms with Crippen molar-refractivity contribution in [3.8, 4) is 0 Å². The Morgan fingerprint density at radius 1 is 0.229 bits per heavy atom. The normalized spacial score (nSPS) is 9.56. The van der Waals surface area contributed by atoms with Crippen molar-refractivity contribution in [2.75, 3.05) is 55.5 Å². The number of unbranched alkanes of at least 4 members (excludes halogenated alkanes) is 2. The van der Waals surface area contributed by atoms with Crippen molar-refractivity contribution in [3.05, 3.63) is 0 Å². The maximum absolute atomic E-state index is 2.90. The van der Waals surface area contributed by atoms with E-state index in [1.165, 1.54) is 152 Å². The van der Waals surface area contributed by atoms with Crippen molar-refractivity contribution in [1.82, 2.24) is 0 Å². The summed E-state index contributed by atoms with van der Waals surface area (Å²) in [5.41, 5.74) is 2.58. The smallest absolute Gasteiger partial charge is 0.0258 e. The Kier molecular flexibility index (Phi) is 145. The second kappa shape index (κ2) is 93.8. The molecule has 48 heavy (non-hydrogen) atoms. The Balaban J connectivity index is -0.0000000520. The third kappa shape index (κ3) is 151. The van der Waals surface area contributed by atoms with Crippen LogP contribution < -0.4 is 0 Å². The Morgan fingerprint density at radius 3 is 0.500 bits per heavy atom. The van der Waals surface area contributed by atoms with Gasteiger partial charge in [-0.15, -0.1) is 111 Å². The minimum Gasteiger partial charge on any atom is -0.138 e. The van der Waals surface area contributed by atoms with Gasteiger partial charge in [0.05, 0.1) is 0 Å². The lowest BCUT2D eigenvalue weighted by atomic mass is 10.2. The Hall–Kier alpha value is 5.16. The molecule has 0 saturated heterocycles. The average Bonchev–Trinajstić information content (AvgIpc) is 3.10. The molecule has 0 aromatic carbocycles. The Bertz CT molecular complexity index is 278. The van der Waals surface area contributed by atoms with Gasteiger partial charge >= 0.3 is 0 Å². The van der Waals surface area contributed by atoms with E-state index < -0.39 is 0 Å². The highest BCUT2D eigenvalue weighted by atomic mass is 31.0. The molecule has 0 bridgehead atoms. The fourth-order valence-electron chi connectivity index (χ4n) is 2.19. The van der Waals surface area contributed by atoms with E-state index in [0.29, 0.717) is 0 Å². The van der Waals surface area contributed by atoms with Gasteiger partial charge in [0.25, 0.3) is 0 Å². The lowest BCUT2D eigenvalue weighted by Crippen LogP contribution is -1.97. The van der Waals surface area contributed by atoms with Gasteiger partial charge in [-0.3, -0.25) is 0 Å². The molecule has 0 heterocycles. The van der Waals surface area contributed by atoms with Gasteiger partial charge in [0, 0.05) is 0 Å². The fourth-order valence-corrected chi connectivity index (χ4v) is 6.20. The molecule has 12 heteroatoms. The molecule has 0 saturated carbocycles. The van der Waals surface area contributed by atoms with Crippen molar-refractivity contribution < 1.29 is 0 Å². The standard InChI is InChI=1S/C7H17P.C6H16P2.C5H15P3.2C4H10.2C3H9P.2C2H8P2/c1-3-5-7(8)6-4-2;1-2-3-6(8)4-5-7;6-3-1-5(8)2-4-7;2*1-3-4-2;2*1-2-3-4;2*3-1-2-4/h7H,3-6,8H2,1-2H3;6H,2-5,7-8H2,1H3;5H,1-4,6-8H2;2*3-4H2,1-2H3;2*2-4H2,1H3;2*1-4H2. The highest BCUT2D eigenvalue weighted by Gasteiger charge is 1.97. The summed E-state index contributed by atoms with van der Waals surface area (Å²) >= 11 is 0. The van der Waals surface area contributed by atoms with E-state index >= 15 is 0 Å². The van der Waals surface area contributed by atoms with E-state index in [1.54, 1.807) is 0 Å². The van der Waals surface area contributed by atoms with E-state index in [4.69, 9.17) is 0 Å². The summed E-state index contributed by atoms with van der Waals surface area (Å²) in [6.07, 6.45) is 30.9. The monoisotopic (exact) mass is 906 g/mol. The van der Waals surface area contributed by atoms with E-state index in [-0.39, 0.29) is 0 Å². The van der Waals surface area contributed by atoms with Crippen molar-refractivity contribution in [2.45, 2.75) is 176 Å². The van der Waals surface area contributed by atoms with Crippen LogP contribution in [0.25, 0.3) is 0 Å². The van der Waals surface area contributed by atoms with Crippen LogP contribution in [-0.4, -0.2) is 72.4 Å². The molecule has 13 unspecified atom stereocenters. The van der Waals surface area contributed by atoms with Crippen LogP contribution in [-0.2, 0) is 0 Å². The molecule has 0 N–H and O–H groups in total. The first-order chi connectivity index (χ1) is 22.9. The molecule has 0 aliphatic carbocycles. The highest BCUT2D eigenvalue weighted by Crippen LogP contribution is 2.14. The first-order valence-corrected chi connectivity index (χ1v) is 28.8. The molecule has 0 rings (SSSR count). The van der Waals surface area contributed by atoms with Crippen LogP contribution >= 0.6 is 111 Å². The van der Waals surface area contributed by atoms with Crippen molar-refractivity contribution in [2.24, 2.45) is 0 Å². The van der Waals surface area contributed by atoms with E-state index in [9.17, 15) is 0 Å². The second-order valence-corrected chi connectivity index (χ2v) is 19.1. The Morgan fingerprint density at radius 2 is 0.396 bits per heavy atom. The van der Waals surface area contributed by atoms with Crippen molar-refractivity contribution in [3.63, 3.8) is 0 Å². The molecule has 0 aliphatic heterocycles. The Labute approximate surface area is 340 Å². The van der Waals surface area contributed by atoms with Crippen molar-refractivity contribution >= 4 is 111 Å². The van der Waals surface area contributed by atoms with E-state index in [2.05, 4.69) is 173 Å². The average molecular weight is 907 g/mol. The number of hydrogen-bond acceptors (Lipinski definition) is 0. The van der Waals surface area contributed by atoms with Gasteiger partial charge in [-0.25, -0.2) is 0 Å². The molecule has 0 aromatic heterocycles. The third-order valence-electron chi connectivity index (χ3n) is 5.50. The lowest BCUT2D eigenvalue weighted by Gasteiger charge is -2.05. The lowest BCUT2D eigenvalue weighted by molar-refractivity contribution is 0.673. The first-order valence-electron chi connectivity index (χ1n) is 19.5. The summed E-state index contributed by atoms with van der Waals surface area (Å²) in [4.78, 5) is 0. The van der Waals surface area contributed by atoms with Crippen LogP contribution in [0, 0.1) is 0 Å². The molecular weight excluding hydrogens is 804 g/mol. The summed E-state index contributed by atoms with van der Waals surface area (Å²) < 4.78 is 0. The van der Waals surface area contributed by atoms with Crippen LogP contribution in [0.2, 0.25) is 0 Å². The summed E-state index contributed by atoms with van der Waals surface area (Å²) in [6, 6.07) is 0. The summed E-state index contributed by atoms with van der Waals surface area (Å²) in [5.74, 6) is 0. The molecule has 0 amide bonds. The SMILES string of the molecule is CCCC.CCCC.CCCC(P)CCC.CCCC(P)CCP.CCCP.CCCP.PCCC(P)CCP.PCCP.PCCP. The maximum Gasteiger partial charge on any atom is -0.0258 e. The van der Waals surface area contributed by atoms with E-state index in [0.717, 1.165) is 17.0 Å². The molecule has 0 fully saturated rings. The largest absolute Gasteiger partial charge is 0.138 e. The highest BCUT2D eigenvalue weighted by molar-refractivity contribution is 7.22.